The van der Waals surface area contributed by atoms with E-state index in [0.29, 0.717) is 31.9 Å². The minimum atomic E-state index is -4.59. The van der Waals surface area contributed by atoms with E-state index in [2.05, 4.69) is 10.2 Å². The maximum atomic E-state index is 13.4. The number of halogens is 3. The van der Waals surface area contributed by atoms with Crippen molar-refractivity contribution < 1.29 is 22.9 Å². The number of carbonyl (C=O) groups is 1. The van der Waals surface area contributed by atoms with Gasteiger partial charge in [-0.1, -0.05) is 24.3 Å². The summed E-state index contributed by atoms with van der Waals surface area (Å²) in [6.45, 7) is 2.40. The summed E-state index contributed by atoms with van der Waals surface area (Å²) in [6, 6.07) is 18.1. The van der Waals surface area contributed by atoms with Crippen LogP contribution in [-0.4, -0.2) is 37.0 Å². The molecule has 0 aliphatic carbocycles. The molecule has 176 valence electrons. The molecule has 0 unspecified atom stereocenters. The lowest BCUT2D eigenvalue weighted by Gasteiger charge is -2.38. The molecule has 10 heteroatoms. The summed E-state index contributed by atoms with van der Waals surface area (Å²) >= 11 is 0. The zero-order valence-corrected chi connectivity index (χ0v) is 18.0. The molecule has 0 radical (unpaired) electrons. The number of rotatable bonds is 5. The van der Waals surface area contributed by atoms with Crippen LogP contribution in [0.1, 0.15) is 15.9 Å². The van der Waals surface area contributed by atoms with Gasteiger partial charge < -0.3 is 15.1 Å². The number of non-ortho nitro benzene ring substituents is 1. The van der Waals surface area contributed by atoms with Gasteiger partial charge in [0.05, 0.1) is 21.9 Å². The standard InChI is InChI=1S/C24H21F3N4O3/c25-24(26,27)18-9-10-22(30-13-11-29(12-14-30)19-6-2-1-3-7-19)21(16-18)28-23(32)17-5-4-8-20(15-17)31(33)34/h1-10,15-16H,11-14H2,(H,28,32). The average molecular weight is 470 g/mol. The molecule has 0 spiro atoms. The van der Waals surface area contributed by atoms with E-state index in [4.69, 9.17) is 0 Å². The van der Waals surface area contributed by atoms with Gasteiger partial charge in [0.2, 0.25) is 0 Å². The highest BCUT2D eigenvalue weighted by atomic mass is 19.4. The van der Waals surface area contributed by atoms with Crippen LogP contribution >= 0.6 is 0 Å². The van der Waals surface area contributed by atoms with Crippen molar-refractivity contribution in [2.24, 2.45) is 0 Å². The number of para-hydroxylation sites is 1. The topological polar surface area (TPSA) is 78.7 Å². The first-order chi connectivity index (χ1) is 16.2. The van der Waals surface area contributed by atoms with Gasteiger partial charge in [-0.25, -0.2) is 0 Å². The van der Waals surface area contributed by atoms with Gasteiger partial charge >= 0.3 is 6.18 Å². The number of hydrogen-bond acceptors (Lipinski definition) is 5. The molecule has 1 fully saturated rings. The van der Waals surface area contributed by atoms with E-state index in [-0.39, 0.29) is 16.9 Å². The second-order valence-corrected chi connectivity index (χ2v) is 7.80. The Morgan fingerprint density at radius 2 is 1.56 bits per heavy atom. The first kappa shape index (κ1) is 23.1. The monoisotopic (exact) mass is 470 g/mol. The summed E-state index contributed by atoms with van der Waals surface area (Å²) < 4.78 is 40.1. The molecule has 3 aromatic rings. The van der Waals surface area contributed by atoms with Crippen LogP contribution in [0.2, 0.25) is 0 Å². The van der Waals surface area contributed by atoms with E-state index in [1.54, 1.807) is 0 Å². The molecule has 0 saturated carbocycles. The third-order valence-electron chi connectivity index (χ3n) is 5.63. The summed E-state index contributed by atoms with van der Waals surface area (Å²) in [4.78, 5) is 27.3. The van der Waals surface area contributed by atoms with E-state index in [1.807, 2.05) is 35.2 Å². The number of carbonyl (C=O) groups excluding carboxylic acids is 1. The van der Waals surface area contributed by atoms with Crippen molar-refractivity contribution in [3.8, 4) is 0 Å². The third-order valence-corrected chi connectivity index (χ3v) is 5.63. The Morgan fingerprint density at radius 1 is 0.882 bits per heavy atom. The van der Waals surface area contributed by atoms with Crippen molar-refractivity contribution in [2.45, 2.75) is 6.18 Å². The molecular weight excluding hydrogens is 449 g/mol. The Morgan fingerprint density at radius 3 is 2.21 bits per heavy atom. The molecule has 1 amide bonds. The Hall–Kier alpha value is -4.08. The summed E-state index contributed by atoms with van der Waals surface area (Å²) in [5, 5.41) is 13.5. The molecule has 1 saturated heterocycles. The molecule has 34 heavy (non-hydrogen) atoms. The molecular formula is C24H21F3N4O3. The number of nitro benzene ring substituents is 1. The number of nitrogens with one attached hydrogen (secondary N) is 1. The van der Waals surface area contributed by atoms with Crippen molar-refractivity contribution in [3.63, 3.8) is 0 Å². The minimum absolute atomic E-state index is 0.000470. The van der Waals surface area contributed by atoms with Gasteiger partial charge in [-0.15, -0.1) is 0 Å². The van der Waals surface area contributed by atoms with Crippen molar-refractivity contribution in [1.82, 2.24) is 0 Å². The maximum absolute atomic E-state index is 13.4. The summed E-state index contributed by atoms with van der Waals surface area (Å²) in [6.07, 6.45) is -4.59. The largest absolute Gasteiger partial charge is 0.416 e. The van der Waals surface area contributed by atoms with E-state index >= 15 is 0 Å². The first-order valence-corrected chi connectivity index (χ1v) is 10.5. The van der Waals surface area contributed by atoms with Gasteiger partial charge in [-0.3, -0.25) is 14.9 Å². The Balaban J connectivity index is 1.59. The van der Waals surface area contributed by atoms with Gasteiger partial charge in [0.1, 0.15) is 0 Å². The van der Waals surface area contributed by atoms with Crippen LogP contribution in [-0.2, 0) is 6.18 Å². The van der Waals surface area contributed by atoms with Crippen molar-refractivity contribution in [2.75, 3.05) is 41.3 Å². The van der Waals surface area contributed by atoms with Crippen LogP contribution in [0.3, 0.4) is 0 Å². The van der Waals surface area contributed by atoms with Crippen LogP contribution in [0, 0.1) is 10.1 Å². The molecule has 1 aliphatic rings. The van der Waals surface area contributed by atoms with E-state index < -0.39 is 22.6 Å². The van der Waals surface area contributed by atoms with Gasteiger partial charge in [0, 0.05) is 49.6 Å². The molecule has 0 aromatic heterocycles. The lowest BCUT2D eigenvalue weighted by atomic mass is 10.1. The molecule has 7 nitrogen and oxygen atoms in total. The lowest BCUT2D eigenvalue weighted by Crippen LogP contribution is -2.46. The maximum Gasteiger partial charge on any atom is 0.416 e. The van der Waals surface area contributed by atoms with Crippen LogP contribution in [0.15, 0.2) is 72.8 Å². The summed E-state index contributed by atoms with van der Waals surface area (Å²) in [7, 11) is 0. The zero-order chi connectivity index (χ0) is 24.3. The van der Waals surface area contributed by atoms with Crippen LogP contribution < -0.4 is 15.1 Å². The number of piperazine rings is 1. The quantitative estimate of drug-likeness (QED) is 0.410. The highest BCUT2D eigenvalue weighted by Gasteiger charge is 2.32. The molecule has 1 heterocycles. The number of nitrogens with zero attached hydrogens (tertiary/aromatic N) is 3. The SMILES string of the molecule is O=C(Nc1cc(C(F)(F)F)ccc1N1CCN(c2ccccc2)CC1)c1cccc([N+](=O)[O-])c1. The summed E-state index contributed by atoms with van der Waals surface area (Å²) in [5.41, 5.74) is 0.321. The molecule has 1 N–H and O–H groups in total. The van der Waals surface area contributed by atoms with Gasteiger partial charge in [0.25, 0.3) is 11.6 Å². The number of benzene rings is 3. The van der Waals surface area contributed by atoms with Gasteiger partial charge in [0.15, 0.2) is 0 Å². The second-order valence-electron chi connectivity index (χ2n) is 7.80. The fourth-order valence-electron chi connectivity index (χ4n) is 3.89. The van der Waals surface area contributed by atoms with E-state index in [9.17, 15) is 28.1 Å². The fraction of sp³-hybridized carbons (Fsp3) is 0.208. The normalized spacial score (nSPS) is 14.1. The Labute approximate surface area is 193 Å². The third kappa shape index (κ3) is 5.11. The van der Waals surface area contributed by atoms with Crippen molar-refractivity contribution >= 4 is 28.7 Å². The molecule has 3 aromatic carbocycles. The molecule has 0 atom stereocenters. The van der Waals surface area contributed by atoms with Gasteiger partial charge in [-0.05, 0) is 36.4 Å². The predicted octanol–water partition coefficient (Wildman–Crippen LogP) is 5.19. The molecule has 4 rings (SSSR count). The second kappa shape index (κ2) is 9.42. The van der Waals surface area contributed by atoms with Gasteiger partial charge in [-0.2, -0.15) is 13.2 Å². The smallest absolute Gasteiger partial charge is 0.368 e. The predicted molar refractivity (Wildman–Crippen MR) is 123 cm³/mol. The zero-order valence-electron chi connectivity index (χ0n) is 18.0. The Bertz CT molecular complexity index is 1190. The number of nitro groups is 1. The fourth-order valence-corrected chi connectivity index (χ4v) is 3.89. The molecule has 1 aliphatic heterocycles. The van der Waals surface area contributed by atoms with Crippen molar-refractivity contribution in [1.29, 1.82) is 0 Å². The van der Waals surface area contributed by atoms with Crippen LogP contribution in [0.5, 0.6) is 0 Å². The van der Waals surface area contributed by atoms with E-state index in [1.165, 1.54) is 24.3 Å². The van der Waals surface area contributed by atoms with Crippen LogP contribution in [0.4, 0.5) is 35.9 Å². The lowest BCUT2D eigenvalue weighted by molar-refractivity contribution is -0.384. The highest BCUT2D eigenvalue weighted by molar-refractivity contribution is 6.06. The Kier molecular flexibility index (Phi) is 6.40. The number of amides is 1. The van der Waals surface area contributed by atoms with Crippen LogP contribution in [0.25, 0.3) is 0 Å². The number of anilines is 3. The average Bonchev–Trinajstić information content (AvgIpc) is 2.84. The number of hydrogen-bond donors (Lipinski definition) is 1. The minimum Gasteiger partial charge on any atom is -0.368 e. The van der Waals surface area contributed by atoms with Crippen molar-refractivity contribution in [3.05, 3.63) is 94.0 Å². The molecule has 0 bridgehead atoms. The number of alkyl halides is 3. The first-order valence-electron chi connectivity index (χ1n) is 10.5. The summed E-state index contributed by atoms with van der Waals surface area (Å²) in [5.74, 6) is -0.729. The van der Waals surface area contributed by atoms with E-state index in [0.717, 1.165) is 23.9 Å². The highest BCUT2D eigenvalue weighted by Crippen LogP contribution is 2.36.